The Morgan fingerprint density at radius 1 is 0.488 bits per heavy atom. The lowest BCUT2D eigenvalue weighted by molar-refractivity contribution is -0.929. The van der Waals surface area contributed by atoms with Gasteiger partial charge in [-0.1, -0.05) is 109 Å². The third-order valence-electron chi connectivity index (χ3n) is 8.70. The van der Waals surface area contributed by atoms with Gasteiger partial charge in [0.1, 0.15) is 0 Å². The SMILES string of the molecule is CCCCCC/C=C/CCCCCCCCCCCCCCCC[N+](CCCC(=O)[O-])(CCCC(=O)O)CCCC(=O)O. The molecule has 0 fully saturated rings. The molecule has 7 heteroatoms. The molecule has 0 aromatic carbocycles. The third-order valence-corrected chi connectivity index (χ3v) is 8.70. The quantitative estimate of drug-likeness (QED) is 0.0430. The minimum absolute atomic E-state index is 0.0188. The average Bonchev–Trinajstić information content (AvgIpc) is 2.95. The van der Waals surface area contributed by atoms with E-state index in [2.05, 4.69) is 19.1 Å². The molecule has 0 bridgehead atoms. The first-order chi connectivity index (χ1) is 20.8. The molecule has 0 spiro atoms. The summed E-state index contributed by atoms with van der Waals surface area (Å²) in [5.74, 6) is -2.74. The van der Waals surface area contributed by atoms with Crippen LogP contribution in [0.15, 0.2) is 12.2 Å². The third kappa shape index (κ3) is 29.9. The zero-order valence-corrected chi connectivity index (χ0v) is 27.8. The first kappa shape index (κ1) is 41.1. The molecule has 0 atom stereocenters. The lowest BCUT2D eigenvalue weighted by Gasteiger charge is -2.39. The van der Waals surface area contributed by atoms with Crippen molar-refractivity contribution >= 4 is 17.9 Å². The topological polar surface area (TPSA) is 115 Å². The van der Waals surface area contributed by atoms with E-state index in [1.807, 2.05) is 0 Å². The van der Waals surface area contributed by atoms with Gasteiger partial charge in [-0.05, 0) is 44.9 Å². The Kier molecular flexibility index (Phi) is 28.8. The molecule has 0 aliphatic rings. The number of quaternary nitrogens is 1. The Hall–Kier alpha value is -1.89. The van der Waals surface area contributed by atoms with Crippen molar-refractivity contribution in [1.82, 2.24) is 0 Å². The van der Waals surface area contributed by atoms with Crippen LogP contribution in [0.25, 0.3) is 0 Å². The highest BCUT2D eigenvalue weighted by molar-refractivity contribution is 5.66. The first-order valence-corrected chi connectivity index (χ1v) is 17.9. The highest BCUT2D eigenvalue weighted by Crippen LogP contribution is 2.19. The second-order valence-electron chi connectivity index (χ2n) is 12.8. The maximum atomic E-state index is 11.1. The molecule has 252 valence electrons. The van der Waals surface area contributed by atoms with E-state index in [4.69, 9.17) is 10.2 Å². The van der Waals surface area contributed by atoms with Gasteiger partial charge >= 0.3 is 11.9 Å². The van der Waals surface area contributed by atoms with Crippen molar-refractivity contribution in [3.8, 4) is 0 Å². The van der Waals surface area contributed by atoms with E-state index >= 15 is 0 Å². The number of carboxylic acid groups (broad SMARTS) is 3. The molecular formula is C36H67NO6. The smallest absolute Gasteiger partial charge is 0.303 e. The van der Waals surface area contributed by atoms with Gasteiger partial charge in [-0.25, -0.2) is 0 Å². The monoisotopic (exact) mass is 609 g/mol. The van der Waals surface area contributed by atoms with Gasteiger partial charge in [0, 0.05) is 25.2 Å². The molecule has 0 radical (unpaired) electrons. The summed E-state index contributed by atoms with van der Waals surface area (Å²) in [4.78, 5) is 33.1. The molecule has 0 saturated carbocycles. The molecule has 0 heterocycles. The fourth-order valence-electron chi connectivity index (χ4n) is 6.12. The van der Waals surface area contributed by atoms with E-state index in [1.54, 1.807) is 0 Å². The second kappa shape index (κ2) is 30.1. The average molecular weight is 610 g/mol. The number of hydrogen-bond donors (Lipinski definition) is 2. The van der Waals surface area contributed by atoms with Crippen LogP contribution in [0.1, 0.15) is 174 Å². The molecule has 0 rings (SSSR count). The van der Waals surface area contributed by atoms with E-state index in [0.29, 0.717) is 43.4 Å². The van der Waals surface area contributed by atoms with Crippen LogP contribution in [0.3, 0.4) is 0 Å². The summed E-state index contributed by atoms with van der Waals surface area (Å²) in [6, 6.07) is 0. The highest BCUT2D eigenvalue weighted by Gasteiger charge is 2.26. The van der Waals surface area contributed by atoms with Crippen LogP contribution < -0.4 is 5.11 Å². The Balaban J connectivity index is 3.99. The van der Waals surface area contributed by atoms with Crippen LogP contribution in [0.5, 0.6) is 0 Å². The van der Waals surface area contributed by atoms with Crippen LogP contribution in [0.2, 0.25) is 0 Å². The van der Waals surface area contributed by atoms with Gasteiger partial charge in [-0.15, -0.1) is 0 Å². The fraction of sp³-hybridized carbons (Fsp3) is 0.861. The molecule has 0 aromatic rings. The molecule has 0 aromatic heterocycles. The first-order valence-electron chi connectivity index (χ1n) is 17.9. The Labute approximate surface area is 264 Å². The zero-order valence-electron chi connectivity index (χ0n) is 27.8. The molecule has 2 N–H and O–H groups in total. The van der Waals surface area contributed by atoms with Crippen molar-refractivity contribution < 1.29 is 34.2 Å². The number of nitrogens with zero attached hydrogens (tertiary/aromatic N) is 1. The fourth-order valence-corrected chi connectivity index (χ4v) is 6.12. The summed E-state index contributed by atoms with van der Waals surface area (Å²) in [5.41, 5.74) is 0. The predicted molar refractivity (Wildman–Crippen MR) is 175 cm³/mol. The van der Waals surface area contributed by atoms with Crippen LogP contribution in [0.4, 0.5) is 0 Å². The number of carbonyl (C=O) groups is 3. The van der Waals surface area contributed by atoms with E-state index in [9.17, 15) is 19.5 Å². The van der Waals surface area contributed by atoms with Crippen LogP contribution >= 0.6 is 0 Å². The molecule has 43 heavy (non-hydrogen) atoms. The Morgan fingerprint density at radius 2 is 0.814 bits per heavy atom. The number of carboxylic acids is 3. The molecule has 7 nitrogen and oxygen atoms in total. The minimum Gasteiger partial charge on any atom is -0.550 e. The van der Waals surface area contributed by atoms with Crippen LogP contribution in [-0.2, 0) is 14.4 Å². The van der Waals surface area contributed by atoms with Crippen molar-refractivity contribution in [2.45, 2.75) is 174 Å². The lowest BCUT2D eigenvalue weighted by atomic mass is 10.0. The standard InChI is InChI=1S/C36H67NO6/c1-2-3-4-5-6-7-8-9-10-11-12-13-14-15-16-17-18-19-20-21-22-23-30-37(31-24-27-34(38)39,32-25-28-35(40)41)33-26-29-36(42)43/h7-8H,2-6,9-33H2,1H3,(H2-,38,39,40,41,42,43)/b8-7+. The van der Waals surface area contributed by atoms with E-state index in [-0.39, 0.29) is 19.3 Å². The van der Waals surface area contributed by atoms with Crippen LogP contribution in [0, 0.1) is 0 Å². The van der Waals surface area contributed by atoms with Gasteiger partial charge in [0.2, 0.25) is 0 Å². The lowest BCUT2D eigenvalue weighted by Crippen LogP contribution is -2.51. The number of allylic oxidation sites excluding steroid dienone is 2. The van der Waals surface area contributed by atoms with Crippen molar-refractivity contribution in [3.05, 3.63) is 12.2 Å². The van der Waals surface area contributed by atoms with Crippen molar-refractivity contribution in [2.24, 2.45) is 0 Å². The summed E-state index contributed by atoms with van der Waals surface area (Å²) in [7, 11) is 0. The molecular weight excluding hydrogens is 542 g/mol. The van der Waals surface area contributed by atoms with Crippen molar-refractivity contribution in [1.29, 1.82) is 0 Å². The van der Waals surface area contributed by atoms with Crippen LogP contribution in [-0.4, -0.2) is 58.8 Å². The highest BCUT2D eigenvalue weighted by atomic mass is 16.4. The zero-order chi connectivity index (χ0) is 31.9. The molecule has 0 amide bonds. The van der Waals surface area contributed by atoms with Gasteiger partial charge in [0.25, 0.3) is 0 Å². The molecule has 0 aliphatic heterocycles. The predicted octanol–water partition coefficient (Wildman–Crippen LogP) is 8.44. The minimum atomic E-state index is -1.07. The maximum Gasteiger partial charge on any atom is 0.303 e. The molecule has 0 saturated heterocycles. The second-order valence-corrected chi connectivity index (χ2v) is 12.8. The van der Waals surface area contributed by atoms with Crippen molar-refractivity contribution in [3.63, 3.8) is 0 Å². The number of rotatable bonds is 34. The number of unbranched alkanes of at least 4 members (excludes halogenated alkanes) is 18. The van der Waals surface area contributed by atoms with Gasteiger partial charge in [-0.3, -0.25) is 9.59 Å². The molecule has 0 unspecified atom stereocenters. The number of aliphatic carboxylic acids is 3. The summed E-state index contributed by atoms with van der Waals surface area (Å²) in [5, 5.41) is 29.2. The van der Waals surface area contributed by atoms with E-state index in [0.717, 1.165) is 19.4 Å². The van der Waals surface area contributed by atoms with Gasteiger partial charge in [0.15, 0.2) is 0 Å². The molecule has 0 aliphatic carbocycles. The summed E-state index contributed by atoms with van der Waals surface area (Å²) in [6.07, 6.45) is 32.3. The van der Waals surface area contributed by atoms with E-state index in [1.165, 1.54) is 116 Å². The van der Waals surface area contributed by atoms with Gasteiger partial charge < -0.3 is 24.6 Å². The largest absolute Gasteiger partial charge is 0.550 e. The Morgan fingerprint density at radius 3 is 1.19 bits per heavy atom. The number of hydrogen-bond acceptors (Lipinski definition) is 4. The Bertz CT molecular complexity index is 658. The summed E-state index contributed by atoms with van der Waals surface area (Å²) < 4.78 is 0.615. The summed E-state index contributed by atoms with van der Waals surface area (Å²) >= 11 is 0. The maximum absolute atomic E-state index is 11.1. The van der Waals surface area contributed by atoms with Crippen molar-refractivity contribution in [2.75, 3.05) is 26.2 Å². The number of carbonyl (C=O) groups excluding carboxylic acids is 1. The van der Waals surface area contributed by atoms with Gasteiger partial charge in [0.05, 0.1) is 39.0 Å². The van der Waals surface area contributed by atoms with E-state index < -0.39 is 17.9 Å². The summed E-state index contributed by atoms with van der Waals surface area (Å²) in [6.45, 7) is 5.04. The van der Waals surface area contributed by atoms with Gasteiger partial charge in [-0.2, -0.15) is 0 Å². The normalized spacial score (nSPS) is 11.8.